The van der Waals surface area contributed by atoms with Crippen LogP contribution in [-0.2, 0) is 23.1 Å². The number of carbonyl (C=O) groups is 2. The van der Waals surface area contributed by atoms with Gasteiger partial charge in [-0.1, -0.05) is 12.1 Å². The van der Waals surface area contributed by atoms with Gasteiger partial charge in [0, 0.05) is 13.6 Å². The molecule has 1 aromatic carbocycles. The van der Waals surface area contributed by atoms with Crippen molar-refractivity contribution >= 4 is 34.5 Å². The number of nitrogens with one attached hydrogen (secondary N) is 1. The molecule has 11 heteroatoms. The van der Waals surface area contributed by atoms with E-state index in [0.717, 1.165) is 0 Å². The highest BCUT2D eigenvalue weighted by molar-refractivity contribution is 5.95. The maximum absolute atomic E-state index is 12.7. The highest BCUT2D eigenvalue weighted by atomic mass is 16.6. The van der Waals surface area contributed by atoms with Crippen LogP contribution in [0.15, 0.2) is 46.0 Å². The van der Waals surface area contributed by atoms with Crippen molar-refractivity contribution in [2.24, 2.45) is 7.05 Å². The first-order chi connectivity index (χ1) is 16.4. The molecule has 2 aliphatic rings. The van der Waals surface area contributed by atoms with E-state index < -0.39 is 6.09 Å². The highest BCUT2D eigenvalue weighted by Gasteiger charge is 2.33. The molecule has 0 aliphatic carbocycles. The van der Waals surface area contributed by atoms with Gasteiger partial charge in [0.15, 0.2) is 18.2 Å². The number of para-hydroxylation sites is 1. The van der Waals surface area contributed by atoms with Crippen LogP contribution >= 0.6 is 0 Å². The summed E-state index contributed by atoms with van der Waals surface area (Å²) in [6.45, 7) is 0.531. The number of rotatable bonds is 6. The molecular formula is C23H23N5O6. The molecule has 1 fully saturated rings. The minimum absolute atomic E-state index is 0.0702. The van der Waals surface area contributed by atoms with E-state index in [1.807, 2.05) is 0 Å². The number of anilines is 2. The van der Waals surface area contributed by atoms with Crippen LogP contribution in [0.2, 0.25) is 0 Å². The Balaban J connectivity index is 1.20. The summed E-state index contributed by atoms with van der Waals surface area (Å²) in [6.07, 6.45) is 0.973. The molecule has 1 unspecified atom stereocenters. The van der Waals surface area contributed by atoms with Crippen molar-refractivity contribution in [2.45, 2.75) is 31.9 Å². The first-order valence-corrected chi connectivity index (χ1v) is 11.0. The molecule has 0 bridgehead atoms. The Hall–Kier alpha value is -4.15. The van der Waals surface area contributed by atoms with Gasteiger partial charge in [0.05, 0.1) is 17.4 Å². The molecule has 34 heavy (non-hydrogen) atoms. The SMILES string of the molecule is Cn1c(=O)n(CCCCC2CN(c3ccc4c(n3)NC(=O)CO4)C(=O)O2)c(=O)c2ccccc21. The maximum atomic E-state index is 12.7. The van der Waals surface area contributed by atoms with Gasteiger partial charge in [0.1, 0.15) is 11.9 Å². The molecule has 2 aliphatic heterocycles. The minimum Gasteiger partial charge on any atom is -0.480 e. The Morgan fingerprint density at radius 1 is 1.09 bits per heavy atom. The zero-order valence-corrected chi connectivity index (χ0v) is 18.5. The van der Waals surface area contributed by atoms with Gasteiger partial charge in [-0.3, -0.25) is 23.6 Å². The molecule has 5 rings (SSSR count). The number of fused-ring (bicyclic) bond motifs is 2. The monoisotopic (exact) mass is 465 g/mol. The third-order valence-corrected chi connectivity index (χ3v) is 6.03. The Bertz CT molecular complexity index is 1410. The molecule has 0 saturated carbocycles. The van der Waals surface area contributed by atoms with Gasteiger partial charge in [0.2, 0.25) is 0 Å². The number of ether oxygens (including phenoxy) is 2. The fourth-order valence-electron chi connectivity index (χ4n) is 4.27. The third-order valence-electron chi connectivity index (χ3n) is 6.03. The van der Waals surface area contributed by atoms with Crippen LogP contribution in [0.1, 0.15) is 19.3 Å². The van der Waals surface area contributed by atoms with Gasteiger partial charge >= 0.3 is 11.8 Å². The zero-order chi connectivity index (χ0) is 23.8. The largest absolute Gasteiger partial charge is 0.480 e. The molecular weight excluding hydrogens is 442 g/mol. The van der Waals surface area contributed by atoms with E-state index in [-0.39, 0.29) is 42.2 Å². The lowest BCUT2D eigenvalue weighted by atomic mass is 10.1. The summed E-state index contributed by atoms with van der Waals surface area (Å²) in [5.41, 5.74) is -0.0444. The molecule has 0 radical (unpaired) electrons. The summed E-state index contributed by atoms with van der Waals surface area (Å²) in [7, 11) is 1.65. The smallest absolute Gasteiger partial charge is 0.415 e. The number of amides is 2. The predicted octanol–water partition coefficient (Wildman–Crippen LogP) is 1.62. The second-order valence-electron chi connectivity index (χ2n) is 8.28. The molecule has 1 saturated heterocycles. The second-order valence-corrected chi connectivity index (χ2v) is 8.28. The quantitative estimate of drug-likeness (QED) is 0.549. The number of cyclic esters (lactones) is 1. The van der Waals surface area contributed by atoms with Crippen molar-refractivity contribution in [3.05, 3.63) is 57.2 Å². The number of aromatic nitrogens is 3. The van der Waals surface area contributed by atoms with Gasteiger partial charge in [0.25, 0.3) is 11.5 Å². The van der Waals surface area contributed by atoms with Crippen molar-refractivity contribution in [1.29, 1.82) is 0 Å². The number of hydrogen-bond donors (Lipinski definition) is 1. The molecule has 3 aromatic rings. The Kier molecular flexibility index (Phi) is 5.52. The minimum atomic E-state index is -0.514. The van der Waals surface area contributed by atoms with Crippen LogP contribution < -0.4 is 26.2 Å². The number of pyridine rings is 1. The first-order valence-electron chi connectivity index (χ1n) is 11.0. The fourth-order valence-corrected chi connectivity index (χ4v) is 4.27. The van der Waals surface area contributed by atoms with Crippen LogP contribution in [0.25, 0.3) is 10.9 Å². The van der Waals surface area contributed by atoms with E-state index >= 15 is 0 Å². The van der Waals surface area contributed by atoms with E-state index in [1.165, 1.54) is 14.0 Å². The van der Waals surface area contributed by atoms with E-state index in [1.54, 1.807) is 43.4 Å². The van der Waals surface area contributed by atoms with Gasteiger partial charge in [-0.15, -0.1) is 0 Å². The molecule has 1 atom stereocenters. The Morgan fingerprint density at radius 2 is 1.91 bits per heavy atom. The molecule has 11 nitrogen and oxygen atoms in total. The van der Waals surface area contributed by atoms with Gasteiger partial charge < -0.3 is 14.8 Å². The number of carbonyl (C=O) groups excluding carboxylic acids is 2. The second kappa shape index (κ2) is 8.65. The standard InChI is InChI=1S/C23H23N5O6/c1-26-16-8-3-2-7-15(16)21(30)27(22(26)31)11-5-4-6-14-12-28(23(32)34-14)18-10-9-17-20(24-18)25-19(29)13-33-17/h2-3,7-10,14H,4-6,11-13H2,1H3,(H,24,25,29). The van der Waals surface area contributed by atoms with Crippen molar-refractivity contribution in [1.82, 2.24) is 14.1 Å². The van der Waals surface area contributed by atoms with E-state index in [0.29, 0.717) is 48.3 Å². The first kappa shape index (κ1) is 21.7. The molecule has 176 valence electrons. The Morgan fingerprint density at radius 3 is 2.76 bits per heavy atom. The fraction of sp³-hybridized carbons (Fsp3) is 0.348. The molecule has 2 aromatic heterocycles. The van der Waals surface area contributed by atoms with E-state index in [2.05, 4.69) is 10.3 Å². The average molecular weight is 465 g/mol. The summed E-state index contributed by atoms with van der Waals surface area (Å²) in [5.74, 6) is 0.776. The average Bonchev–Trinajstić information content (AvgIpc) is 3.22. The number of benzene rings is 1. The van der Waals surface area contributed by atoms with Gasteiger partial charge in [-0.05, 0) is 43.5 Å². The number of aryl methyl sites for hydroxylation is 1. The number of unbranched alkanes of at least 4 members (excludes halogenated alkanes) is 1. The number of hydrogen-bond acceptors (Lipinski definition) is 7. The molecule has 1 N–H and O–H groups in total. The summed E-state index contributed by atoms with van der Waals surface area (Å²) in [6, 6.07) is 10.3. The highest BCUT2D eigenvalue weighted by Crippen LogP contribution is 2.30. The van der Waals surface area contributed by atoms with Gasteiger partial charge in [-0.25, -0.2) is 14.6 Å². The van der Waals surface area contributed by atoms with Crippen LogP contribution in [0.5, 0.6) is 5.75 Å². The van der Waals surface area contributed by atoms with Crippen molar-refractivity contribution in [3.63, 3.8) is 0 Å². The lowest BCUT2D eigenvalue weighted by Gasteiger charge is -2.19. The summed E-state index contributed by atoms with van der Waals surface area (Å²) >= 11 is 0. The van der Waals surface area contributed by atoms with Crippen molar-refractivity contribution in [3.8, 4) is 5.75 Å². The lowest BCUT2D eigenvalue weighted by molar-refractivity contribution is -0.118. The maximum Gasteiger partial charge on any atom is 0.415 e. The molecule has 0 spiro atoms. The van der Waals surface area contributed by atoms with Crippen LogP contribution in [0, 0.1) is 0 Å². The normalized spacial score (nSPS) is 17.3. The van der Waals surface area contributed by atoms with E-state index in [4.69, 9.17) is 9.47 Å². The third kappa shape index (κ3) is 3.89. The molecule has 4 heterocycles. The Labute approximate surface area is 193 Å². The lowest BCUT2D eigenvalue weighted by Crippen LogP contribution is -2.39. The van der Waals surface area contributed by atoms with Crippen molar-refractivity contribution in [2.75, 3.05) is 23.4 Å². The van der Waals surface area contributed by atoms with Crippen molar-refractivity contribution < 1.29 is 19.1 Å². The predicted molar refractivity (Wildman–Crippen MR) is 123 cm³/mol. The number of nitrogens with zero attached hydrogens (tertiary/aromatic N) is 4. The van der Waals surface area contributed by atoms with Crippen LogP contribution in [-0.4, -0.2) is 45.4 Å². The topological polar surface area (TPSA) is 125 Å². The molecule has 2 amide bonds. The van der Waals surface area contributed by atoms with E-state index in [9.17, 15) is 19.2 Å². The summed E-state index contributed by atoms with van der Waals surface area (Å²) < 4.78 is 13.5. The summed E-state index contributed by atoms with van der Waals surface area (Å²) in [5, 5.41) is 3.13. The van der Waals surface area contributed by atoms with Crippen LogP contribution in [0.4, 0.5) is 16.4 Å². The summed E-state index contributed by atoms with van der Waals surface area (Å²) in [4.78, 5) is 55.0. The van der Waals surface area contributed by atoms with Gasteiger partial charge in [-0.2, -0.15) is 0 Å². The van der Waals surface area contributed by atoms with Crippen LogP contribution in [0.3, 0.4) is 0 Å². The zero-order valence-electron chi connectivity index (χ0n) is 18.5.